The third-order valence-corrected chi connectivity index (χ3v) is 2.50. The molecule has 0 saturated carbocycles. The maximum Gasteiger partial charge on any atom is 0.0702 e. The highest BCUT2D eigenvalue weighted by molar-refractivity contribution is 5.78. The van der Waals surface area contributed by atoms with E-state index in [4.69, 9.17) is 0 Å². The molecule has 1 heteroatoms. The molecule has 0 bridgehead atoms. The van der Waals surface area contributed by atoms with Gasteiger partial charge in [0.05, 0.1) is 5.69 Å². The van der Waals surface area contributed by atoms with E-state index in [2.05, 4.69) is 30.3 Å². The summed E-state index contributed by atoms with van der Waals surface area (Å²) < 4.78 is 0. The summed E-state index contributed by atoms with van der Waals surface area (Å²) in [6, 6.07) is 12.2. The van der Waals surface area contributed by atoms with Crippen LogP contribution < -0.4 is 0 Å². The summed E-state index contributed by atoms with van der Waals surface area (Å²) in [5.74, 6) is 0. The minimum Gasteiger partial charge on any atom is -0.256 e. The molecule has 0 aliphatic heterocycles. The van der Waals surface area contributed by atoms with Gasteiger partial charge in [-0.25, -0.2) is 0 Å². The third kappa shape index (κ3) is 2.95. The monoisotopic (exact) mass is 237 g/mol. The van der Waals surface area contributed by atoms with E-state index in [9.17, 15) is 0 Å². The molecule has 2 aromatic rings. The maximum atomic E-state index is 4.26. The topological polar surface area (TPSA) is 12.9 Å². The Bertz CT molecular complexity index is 512. The fourth-order valence-corrected chi connectivity index (χ4v) is 1.74. The van der Waals surface area contributed by atoms with Crippen LogP contribution >= 0.6 is 0 Å². The highest BCUT2D eigenvalue weighted by atomic mass is 14.7. The van der Waals surface area contributed by atoms with E-state index in [1.54, 1.807) is 12.3 Å². The minimum atomic E-state index is 0.872. The van der Waals surface area contributed by atoms with Crippen molar-refractivity contribution < 1.29 is 0 Å². The van der Waals surface area contributed by atoms with Crippen molar-refractivity contribution >= 4 is 12.2 Å². The van der Waals surface area contributed by atoms with Crippen LogP contribution in [0, 0.1) is 0 Å². The zero-order valence-corrected chi connectivity index (χ0v) is 11.1. The third-order valence-electron chi connectivity index (χ3n) is 2.50. The Balaban J connectivity index is 0.000000771. The molecule has 2 rings (SSSR count). The smallest absolute Gasteiger partial charge is 0.0702 e. The summed E-state index contributed by atoms with van der Waals surface area (Å²) in [4.78, 5) is 4.26. The second-order valence-electron chi connectivity index (χ2n) is 3.43. The Labute approximate surface area is 110 Å². The minimum absolute atomic E-state index is 0.872. The zero-order valence-electron chi connectivity index (χ0n) is 11.1. The number of benzene rings is 1. The first-order valence-corrected chi connectivity index (χ1v) is 6.16. The van der Waals surface area contributed by atoms with Crippen LogP contribution in [-0.2, 0) is 0 Å². The van der Waals surface area contributed by atoms with Gasteiger partial charge in [0.2, 0.25) is 0 Å². The van der Waals surface area contributed by atoms with E-state index < -0.39 is 0 Å². The van der Waals surface area contributed by atoms with Gasteiger partial charge in [0, 0.05) is 11.8 Å². The summed E-state index contributed by atoms with van der Waals surface area (Å²) in [5.41, 5.74) is 4.21. The molecule has 18 heavy (non-hydrogen) atoms. The van der Waals surface area contributed by atoms with Gasteiger partial charge in [-0.15, -0.1) is 0 Å². The van der Waals surface area contributed by atoms with Gasteiger partial charge in [-0.05, 0) is 23.3 Å². The molecule has 0 radical (unpaired) electrons. The van der Waals surface area contributed by atoms with E-state index in [1.165, 1.54) is 5.56 Å². The van der Waals surface area contributed by atoms with Gasteiger partial charge in [-0.3, -0.25) is 4.98 Å². The quantitative estimate of drug-likeness (QED) is 0.727. The molecule has 0 atom stereocenters. The Hall–Kier alpha value is -2.15. The molecule has 0 aliphatic carbocycles. The van der Waals surface area contributed by atoms with E-state index in [1.807, 2.05) is 44.2 Å². The Kier molecular flexibility index (Phi) is 5.59. The number of pyridine rings is 1. The van der Waals surface area contributed by atoms with Crippen LogP contribution in [-0.4, -0.2) is 4.98 Å². The lowest BCUT2D eigenvalue weighted by atomic mass is 9.99. The van der Waals surface area contributed by atoms with Crippen molar-refractivity contribution in [1.82, 2.24) is 4.98 Å². The van der Waals surface area contributed by atoms with E-state index in [0.29, 0.717) is 0 Å². The fraction of sp³-hybridized carbons (Fsp3) is 0.118. The normalized spacial score (nSPS) is 9.00. The summed E-state index contributed by atoms with van der Waals surface area (Å²) in [6.07, 6.45) is 5.38. The average Bonchev–Trinajstić information content (AvgIpc) is 2.49. The van der Waals surface area contributed by atoms with Crippen LogP contribution in [0.5, 0.6) is 0 Å². The summed E-state index contributed by atoms with van der Waals surface area (Å²) >= 11 is 0. The van der Waals surface area contributed by atoms with Gasteiger partial charge in [-0.1, -0.05) is 63.4 Å². The lowest BCUT2D eigenvalue weighted by Crippen LogP contribution is -1.90. The lowest BCUT2D eigenvalue weighted by molar-refractivity contribution is 1.28. The van der Waals surface area contributed by atoms with E-state index >= 15 is 0 Å². The van der Waals surface area contributed by atoms with Gasteiger partial charge in [0.1, 0.15) is 0 Å². The number of hydrogen-bond donors (Lipinski definition) is 0. The summed E-state index contributed by atoms with van der Waals surface area (Å²) in [7, 11) is 0. The summed E-state index contributed by atoms with van der Waals surface area (Å²) in [6.45, 7) is 11.6. The van der Waals surface area contributed by atoms with E-state index in [-0.39, 0.29) is 0 Å². The second kappa shape index (κ2) is 7.23. The highest BCUT2D eigenvalue weighted by Crippen LogP contribution is 2.26. The van der Waals surface area contributed by atoms with Crippen molar-refractivity contribution in [2.45, 2.75) is 13.8 Å². The molecule has 0 amide bonds. The molecule has 1 nitrogen and oxygen atoms in total. The Morgan fingerprint density at radius 2 is 1.61 bits per heavy atom. The van der Waals surface area contributed by atoms with Crippen LogP contribution in [0.2, 0.25) is 0 Å². The fourth-order valence-electron chi connectivity index (χ4n) is 1.74. The van der Waals surface area contributed by atoms with Crippen LogP contribution in [0.25, 0.3) is 23.3 Å². The predicted molar refractivity (Wildman–Crippen MR) is 81.2 cm³/mol. The number of aromatic nitrogens is 1. The number of nitrogens with zero attached hydrogens (tertiary/aromatic N) is 1. The molecule has 0 saturated heterocycles. The standard InChI is InChI=1S/C15H13N.C2H6/c1-3-13-14(10-11-16-15(13)4-2)12-8-6-5-7-9-12;1-2/h3-11H,1-2H2;1-2H3. The summed E-state index contributed by atoms with van der Waals surface area (Å²) in [5, 5.41) is 0. The molecule has 1 aromatic carbocycles. The van der Waals surface area contributed by atoms with Crippen molar-refractivity contribution in [3.05, 3.63) is 67.0 Å². The van der Waals surface area contributed by atoms with E-state index in [0.717, 1.165) is 16.8 Å². The molecule has 0 N–H and O–H groups in total. The molecule has 92 valence electrons. The Morgan fingerprint density at radius 3 is 2.17 bits per heavy atom. The molecular formula is C17H19N. The van der Waals surface area contributed by atoms with Crippen molar-refractivity contribution in [3.8, 4) is 11.1 Å². The number of hydrogen-bond acceptors (Lipinski definition) is 1. The largest absolute Gasteiger partial charge is 0.256 e. The van der Waals surface area contributed by atoms with Crippen molar-refractivity contribution in [3.63, 3.8) is 0 Å². The molecule has 1 heterocycles. The van der Waals surface area contributed by atoms with Crippen LogP contribution in [0.3, 0.4) is 0 Å². The molecule has 0 aliphatic rings. The highest BCUT2D eigenvalue weighted by Gasteiger charge is 2.05. The maximum absolute atomic E-state index is 4.26. The van der Waals surface area contributed by atoms with Crippen molar-refractivity contribution in [2.24, 2.45) is 0 Å². The predicted octanol–water partition coefficient (Wildman–Crippen LogP) is 5.06. The van der Waals surface area contributed by atoms with Crippen molar-refractivity contribution in [2.75, 3.05) is 0 Å². The van der Waals surface area contributed by atoms with Gasteiger partial charge in [0.15, 0.2) is 0 Å². The SMILES string of the molecule is C=Cc1nccc(-c2ccccc2)c1C=C.CC. The van der Waals surface area contributed by atoms with Crippen molar-refractivity contribution in [1.29, 1.82) is 0 Å². The first-order valence-electron chi connectivity index (χ1n) is 6.16. The number of rotatable bonds is 3. The second-order valence-corrected chi connectivity index (χ2v) is 3.43. The Morgan fingerprint density at radius 1 is 0.944 bits per heavy atom. The molecule has 0 unspecified atom stereocenters. The van der Waals surface area contributed by atoms with Crippen LogP contribution in [0.4, 0.5) is 0 Å². The van der Waals surface area contributed by atoms with Crippen LogP contribution in [0.1, 0.15) is 25.1 Å². The van der Waals surface area contributed by atoms with Gasteiger partial charge in [0.25, 0.3) is 0 Å². The molecule has 1 aromatic heterocycles. The molecule has 0 spiro atoms. The van der Waals surface area contributed by atoms with Gasteiger partial charge < -0.3 is 0 Å². The zero-order chi connectivity index (χ0) is 13.4. The molecule has 0 fully saturated rings. The first-order chi connectivity index (χ1) is 8.86. The average molecular weight is 237 g/mol. The van der Waals surface area contributed by atoms with Gasteiger partial charge >= 0.3 is 0 Å². The van der Waals surface area contributed by atoms with Crippen LogP contribution in [0.15, 0.2) is 55.8 Å². The first kappa shape index (κ1) is 13.9. The molecular weight excluding hydrogens is 218 g/mol. The lowest BCUT2D eigenvalue weighted by Gasteiger charge is -2.08. The van der Waals surface area contributed by atoms with Gasteiger partial charge in [-0.2, -0.15) is 0 Å².